The fourth-order valence-corrected chi connectivity index (χ4v) is 4.45. The third-order valence-corrected chi connectivity index (χ3v) is 5.00. The highest BCUT2D eigenvalue weighted by Gasteiger charge is 2.60. The van der Waals surface area contributed by atoms with Gasteiger partial charge in [0.15, 0.2) is 0 Å². The van der Waals surface area contributed by atoms with Crippen molar-refractivity contribution >= 4 is 5.97 Å². The summed E-state index contributed by atoms with van der Waals surface area (Å²) in [7, 11) is 0. The molecule has 4 unspecified atom stereocenters. The molecule has 0 radical (unpaired) electrons. The Balaban J connectivity index is 1.82. The molecule has 0 aromatic heterocycles. The van der Waals surface area contributed by atoms with E-state index in [1.54, 1.807) is 0 Å². The second-order valence-electron chi connectivity index (χ2n) is 5.60. The topological polar surface area (TPSA) is 26.3 Å². The highest BCUT2D eigenvalue weighted by molar-refractivity contribution is 5.69. The van der Waals surface area contributed by atoms with Crippen LogP contribution in [0.25, 0.3) is 0 Å². The number of hydrogen-bond acceptors (Lipinski definition) is 2. The predicted molar refractivity (Wildman–Crippen MR) is 57.3 cm³/mol. The number of ether oxygens (including phenoxy) is 1. The fourth-order valence-electron chi connectivity index (χ4n) is 4.45. The van der Waals surface area contributed by atoms with Gasteiger partial charge < -0.3 is 4.74 Å². The van der Waals surface area contributed by atoms with Crippen LogP contribution in [0.1, 0.15) is 51.9 Å². The number of hydrogen-bond donors (Lipinski definition) is 0. The van der Waals surface area contributed by atoms with Crippen LogP contribution < -0.4 is 0 Å². The van der Waals surface area contributed by atoms with Gasteiger partial charge in [0.1, 0.15) is 5.60 Å². The molecule has 3 fully saturated rings. The van der Waals surface area contributed by atoms with Gasteiger partial charge >= 0.3 is 5.97 Å². The molecule has 0 N–H and O–H groups in total. The van der Waals surface area contributed by atoms with Crippen molar-refractivity contribution in [1.29, 1.82) is 0 Å². The first kappa shape index (κ1) is 9.68. The van der Waals surface area contributed by atoms with Crippen LogP contribution in [0.3, 0.4) is 0 Å². The summed E-state index contributed by atoms with van der Waals surface area (Å²) in [5.74, 6) is 2.50. The molecule has 0 saturated heterocycles. The molecular weight excluding hydrogens is 188 g/mol. The van der Waals surface area contributed by atoms with Crippen LogP contribution in [0, 0.1) is 17.8 Å². The molecule has 0 aromatic rings. The molecule has 3 aliphatic carbocycles. The Morgan fingerprint density at radius 1 is 1.40 bits per heavy atom. The van der Waals surface area contributed by atoms with Crippen molar-refractivity contribution in [3.63, 3.8) is 0 Å². The molecule has 2 heteroatoms. The van der Waals surface area contributed by atoms with Gasteiger partial charge in [-0.2, -0.15) is 0 Å². The van der Waals surface area contributed by atoms with Gasteiger partial charge in [0.05, 0.1) is 0 Å². The average molecular weight is 208 g/mol. The monoisotopic (exact) mass is 208 g/mol. The maximum atomic E-state index is 11.5. The Morgan fingerprint density at radius 3 is 3.07 bits per heavy atom. The van der Waals surface area contributed by atoms with Gasteiger partial charge in [-0.1, -0.05) is 13.3 Å². The zero-order valence-corrected chi connectivity index (χ0v) is 9.50. The fraction of sp³-hybridized carbons (Fsp3) is 0.923. The van der Waals surface area contributed by atoms with E-state index in [9.17, 15) is 4.79 Å². The summed E-state index contributed by atoms with van der Waals surface area (Å²) in [6.07, 6.45) is 8.21. The number of fused-ring (bicyclic) bond motifs is 5. The minimum atomic E-state index is -0.0150. The van der Waals surface area contributed by atoms with Crippen LogP contribution in [0.5, 0.6) is 0 Å². The van der Waals surface area contributed by atoms with Crippen molar-refractivity contribution in [2.24, 2.45) is 17.8 Å². The minimum absolute atomic E-state index is 0.0150. The van der Waals surface area contributed by atoms with Gasteiger partial charge in [0.2, 0.25) is 0 Å². The zero-order valence-electron chi connectivity index (χ0n) is 9.50. The van der Waals surface area contributed by atoms with Crippen molar-refractivity contribution < 1.29 is 9.53 Å². The summed E-state index contributed by atoms with van der Waals surface area (Å²) < 4.78 is 5.81. The van der Waals surface area contributed by atoms with Crippen LogP contribution in [0.2, 0.25) is 0 Å². The predicted octanol–water partition coefficient (Wildman–Crippen LogP) is 2.91. The van der Waals surface area contributed by atoms with Gasteiger partial charge in [0, 0.05) is 12.3 Å². The average Bonchev–Trinajstić information content (AvgIpc) is 2.87. The SMILES string of the molecule is CCC(=O)OC12CCC(C1)C1CCCC12. The van der Waals surface area contributed by atoms with Gasteiger partial charge in [-0.3, -0.25) is 4.79 Å². The zero-order chi connectivity index (χ0) is 10.5. The third-order valence-electron chi connectivity index (χ3n) is 5.00. The molecule has 2 bridgehead atoms. The van der Waals surface area contributed by atoms with Gasteiger partial charge in [0.25, 0.3) is 0 Å². The molecule has 3 rings (SSSR count). The molecule has 84 valence electrons. The standard InChI is InChI=1S/C13H20O2/c1-2-12(14)15-13-7-6-9(8-13)10-4-3-5-11(10)13/h9-11H,2-8H2,1H3. The molecule has 4 atom stereocenters. The van der Waals surface area contributed by atoms with Crippen molar-refractivity contribution in [3.05, 3.63) is 0 Å². The maximum Gasteiger partial charge on any atom is 0.306 e. The first-order valence-electron chi connectivity index (χ1n) is 6.47. The number of carbonyl (C=O) groups is 1. The van der Waals surface area contributed by atoms with Crippen LogP contribution >= 0.6 is 0 Å². The summed E-state index contributed by atoms with van der Waals surface area (Å²) in [6.45, 7) is 1.90. The smallest absolute Gasteiger partial charge is 0.306 e. The van der Waals surface area contributed by atoms with Gasteiger partial charge in [-0.25, -0.2) is 0 Å². The second-order valence-corrected chi connectivity index (χ2v) is 5.60. The van der Waals surface area contributed by atoms with Crippen LogP contribution in [0.4, 0.5) is 0 Å². The quantitative estimate of drug-likeness (QED) is 0.652. The first-order valence-corrected chi connectivity index (χ1v) is 6.47. The van der Waals surface area contributed by atoms with E-state index >= 15 is 0 Å². The van der Waals surface area contributed by atoms with Crippen LogP contribution in [0.15, 0.2) is 0 Å². The highest BCUT2D eigenvalue weighted by atomic mass is 16.6. The summed E-state index contributed by atoms with van der Waals surface area (Å²) >= 11 is 0. The van der Waals surface area contributed by atoms with Crippen molar-refractivity contribution in [2.75, 3.05) is 0 Å². The van der Waals surface area contributed by atoms with E-state index in [-0.39, 0.29) is 11.6 Å². The Labute approximate surface area is 91.4 Å². The Kier molecular flexibility index (Phi) is 2.08. The molecular formula is C13H20O2. The maximum absolute atomic E-state index is 11.5. The van der Waals surface area contributed by atoms with Crippen molar-refractivity contribution in [1.82, 2.24) is 0 Å². The number of rotatable bonds is 2. The summed E-state index contributed by atoms with van der Waals surface area (Å²) in [6, 6.07) is 0. The van der Waals surface area contributed by atoms with E-state index in [1.807, 2.05) is 6.92 Å². The lowest BCUT2D eigenvalue weighted by molar-refractivity contribution is -0.164. The van der Waals surface area contributed by atoms with E-state index in [0.717, 1.165) is 18.3 Å². The molecule has 3 saturated carbocycles. The normalized spacial score (nSPS) is 46.9. The lowest BCUT2D eigenvalue weighted by Crippen LogP contribution is -2.39. The van der Waals surface area contributed by atoms with Gasteiger partial charge in [-0.05, 0) is 43.9 Å². The van der Waals surface area contributed by atoms with E-state index in [0.29, 0.717) is 12.3 Å². The molecule has 0 aromatic carbocycles. The van der Waals surface area contributed by atoms with Crippen LogP contribution in [-0.2, 0) is 9.53 Å². The molecule has 0 aliphatic heterocycles. The lowest BCUT2D eigenvalue weighted by atomic mass is 9.79. The Bertz CT molecular complexity index is 286. The molecule has 0 heterocycles. The largest absolute Gasteiger partial charge is 0.459 e. The van der Waals surface area contributed by atoms with Gasteiger partial charge in [-0.15, -0.1) is 0 Å². The Morgan fingerprint density at radius 2 is 2.27 bits per heavy atom. The minimum Gasteiger partial charge on any atom is -0.459 e. The van der Waals surface area contributed by atoms with E-state index in [1.165, 1.54) is 32.1 Å². The molecule has 3 aliphatic rings. The number of carbonyl (C=O) groups excluding carboxylic acids is 1. The summed E-state index contributed by atoms with van der Waals surface area (Å²) in [4.78, 5) is 11.5. The summed E-state index contributed by atoms with van der Waals surface area (Å²) in [5.41, 5.74) is -0.0150. The van der Waals surface area contributed by atoms with E-state index in [2.05, 4.69) is 0 Å². The molecule has 0 spiro atoms. The van der Waals surface area contributed by atoms with Crippen molar-refractivity contribution in [3.8, 4) is 0 Å². The lowest BCUT2D eigenvalue weighted by Gasteiger charge is -2.35. The molecule has 15 heavy (non-hydrogen) atoms. The second kappa shape index (κ2) is 3.23. The van der Waals surface area contributed by atoms with Crippen molar-refractivity contribution in [2.45, 2.75) is 57.5 Å². The third kappa shape index (κ3) is 1.26. The summed E-state index contributed by atoms with van der Waals surface area (Å²) in [5, 5.41) is 0. The highest BCUT2D eigenvalue weighted by Crippen LogP contribution is 2.62. The number of esters is 1. The first-order chi connectivity index (χ1) is 7.25. The van der Waals surface area contributed by atoms with Crippen LogP contribution in [-0.4, -0.2) is 11.6 Å². The van der Waals surface area contributed by atoms with E-state index < -0.39 is 0 Å². The van der Waals surface area contributed by atoms with E-state index in [4.69, 9.17) is 4.74 Å². The molecule has 0 amide bonds. The Hall–Kier alpha value is -0.530. The molecule has 2 nitrogen and oxygen atoms in total.